The van der Waals surface area contributed by atoms with Crippen molar-refractivity contribution in [2.45, 2.75) is 38.3 Å². The summed E-state index contributed by atoms with van der Waals surface area (Å²) < 4.78 is 11.8. The summed E-state index contributed by atoms with van der Waals surface area (Å²) in [7, 11) is 0. The van der Waals surface area contributed by atoms with Crippen LogP contribution in [0.4, 0.5) is 0 Å². The monoisotopic (exact) mass is 336 g/mol. The van der Waals surface area contributed by atoms with E-state index in [4.69, 9.17) is 9.47 Å². The lowest BCUT2D eigenvalue weighted by Gasteiger charge is -2.23. The summed E-state index contributed by atoms with van der Waals surface area (Å²) >= 11 is 0. The van der Waals surface area contributed by atoms with Crippen molar-refractivity contribution in [3.8, 4) is 5.75 Å². The van der Waals surface area contributed by atoms with Gasteiger partial charge in [-0.15, -0.1) is 0 Å². The normalized spacial score (nSPS) is 25.4. The second-order valence-corrected chi connectivity index (χ2v) is 7.21. The Morgan fingerprint density at radius 1 is 1.04 bits per heavy atom. The number of hydrogen-bond donors (Lipinski definition) is 1. The van der Waals surface area contributed by atoms with Gasteiger partial charge in [0, 0.05) is 34.2 Å². The summed E-state index contributed by atoms with van der Waals surface area (Å²) in [6, 6.07) is 8.20. The summed E-state index contributed by atoms with van der Waals surface area (Å²) in [5, 5.41) is 10.6. The van der Waals surface area contributed by atoms with E-state index in [0.29, 0.717) is 34.2 Å². The Morgan fingerprint density at radius 2 is 1.72 bits per heavy atom. The Hall–Kier alpha value is -2.50. The predicted octanol–water partition coefficient (Wildman–Crippen LogP) is 2.92. The third-order valence-corrected chi connectivity index (χ3v) is 5.21. The Kier molecular flexibility index (Phi) is 2.70. The van der Waals surface area contributed by atoms with Crippen molar-refractivity contribution in [1.29, 1.82) is 0 Å². The Balaban J connectivity index is 1.74. The van der Waals surface area contributed by atoms with Crippen LogP contribution in [0.15, 0.2) is 30.3 Å². The molecule has 1 saturated heterocycles. The van der Waals surface area contributed by atoms with Gasteiger partial charge in [0.2, 0.25) is 0 Å². The fourth-order valence-electron chi connectivity index (χ4n) is 4.30. The summed E-state index contributed by atoms with van der Waals surface area (Å²) in [5.41, 5.74) is 2.69. The molecule has 25 heavy (non-hydrogen) atoms. The summed E-state index contributed by atoms with van der Waals surface area (Å²) in [6.07, 6.45) is -0.237. The molecule has 0 saturated carbocycles. The minimum atomic E-state index is -0.734. The van der Waals surface area contributed by atoms with Gasteiger partial charge in [-0.2, -0.15) is 0 Å². The van der Waals surface area contributed by atoms with Gasteiger partial charge in [-0.3, -0.25) is 9.59 Å². The van der Waals surface area contributed by atoms with Gasteiger partial charge in [0.15, 0.2) is 17.4 Å². The van der Waals surface area contributed by atoms with Gasteiger partial charge < -0.3 is 14.6 Å². The van der Waals surface area contributed by atoms with Crippen LogP contribution in [-0.4, -0.2) is 28.6 Å². The number of phenols is 1. The van der Waals surface area contributed by atoms with Gasteiger partial charge in [0.05, 0.1) is 6.10 Å². The molecular formula is C20H16O5. The van der Waals surface area contributed by atoms with E-state index in [-0.39, 0.29) is 29.0 Å². The first-order valence-electron chi connectivity index (χ1n) is 8.30. The van der Waals surface area contributed by atoms with Crippen LogP contribution in [0.3, 0.4) is 0 Å². The molecule has 5 heteroatoms. The molecule has 0 bridgehead atoms. The first-order chi connectivity index (χ1) is 11.9. The number of ketones is 2. The average Bonchev–Trinajstić information content (AvgIpc) is 3.04. The van der Waals surface area contributed by atoms with Crippen LogP contribution >= 0.6 is 0 Å². The van der Waals surface area contributed by atoms with Crippen molar-refractivity contribution in [2.75, 3.05) is 0 Å². The maximum Gasteiger partial charge on any atom is 0.194 e. The fourth-order valence-corrected chi connectivity index (χ4v) is 4.30. The number of phenolic OH excluding ortho intramolecular Hbond substituents is 1. The highest BCUT2D eigenvalue weighted by atomic mass is 16.8. The summed E-state index contributed by atoms with van der Waals surface area (Å²) in [6.45, 7) is 3.65. The van der Waals surface area contributed by atoms with Crippen molar-refractivity contribution in [2.24, 2.45) is 0 Å². The van der Waals surface area contributed by atoms with Crippen LogP contribution < -0.4 is 0 Å². The number of hydrogen-bond acceptors (Lipinski definition) is 5. The first kappa shape index (κ1) is 14.8. The van der Waals surface area contributed by atoms with Crippen molar-refractivity contribution in [1.82, 2.24) is 0 Å². The van der Waals surface area contributed by atoms with Crippen LogP contribution in [0.2, 0.25) is 0 Å². The van der Waals surface area contributed by atoms with E-state index in [1.807, 2.05) is 13.8 Å². The molecule has 5 nitrogen and oxygen atoms in total. The molecule has 0 aromatic heterocycles. The molecule has 1 N–H and O–H groups in total. The van der Waals surface area contributed by atoms with E-state index in [0.717, 1.165) is 0 Å². The molecule has 3 aliphatic rings. The van der Waals surface area contributed by atoms with Crippen molar-refractivity contribution < 1.29 is 24.2 Å². The minimum Gasteiger partial charge on any atom is -0.508 e. The zero-order chi connectivity index (χ0) is 17.5. The number of fused-ring (bicyclic) bond motifs is 6. The van der Waals surface area contributed by atoms with Crippen LogP contribution in [0.1, 0.15) is 62.9 Å². The van der Waals surface area contributed by atoms with Crippen molar-refractivity contribution in [3.63, 3.8) is 0 Å². The van der Waals surface area contributed by atoms with E-state index in [9.17, 15) is 14.7 Å². The molecule has 0 radical (unpaired) electrons. The highest BCUT2D eigenvalue weighted by molar-refractivity contribution is 6.29. The van der Waals surface area contributed by atoms with Gasteiger partial charge in [-0.1, -0.05) is 24.3 Å². The van der Waals surface area contributed by atoms with E-state index in [1.165, 1.54) is 6.07 Å². The standard InChI is InChI=1S/C20H16O5/c1-20(2)24-14-8-11-15-12(7-13(21)16(11)19(14)25-20)17(22)9-5-3-4-6-10(9)18(15)23/h3-7,14,19,21H,8H2,1-2H3/t14-,19-/m0/s1. The molecule has 0 amide bonds. The smallest absolute Gasteiger partial charge is 0.194 e. The highest BCUT2D eigenvalue weighted by Crippen LogP contribution is 2.51. The van der Waals surface area contributed by atoms with Gasteiger partial charge >= 0.3 is 0 Å². The van der Waals surface area contributed by atoms with E-state index in [1.54, 1.807) is 24.3 Å². The number of benzene rings is 2. The number of rotatable bonds is 0. The fraction of sp³-hybridized carbons (Fsp3) is 0.300. The Bertz CT molecular complexity index is 972. The van der Waals surface area contributed by atoms with Gasteiger partial charge in [-0.05, 0) is 25.5 Å². The summed E-state index contributed by atoms with van der Waals surface area (Å²) in [4.78, 5) is 25.9. The molecule has 2 atom stereocenters. The molecular weight excluding hydrogens is 320 g/mol. The molecule has 5 rings (SSSR count). The van der Waals surface area contributed by atoms with Crippen LogP contribution in [0.25, 0.3) is 0 Å². The van der Waals surface area contributed by atoms with Gasteiger partial charge in [0.25, 0.3) is 0 Å². The largest absolute Gasteiger partial charge is 0.508 e. The maximum absolute atomic E-state index is 13.1. The third-order valence-electron chi connectivity index (χ3n) is 5.21. The molecule has 0 spiro atoms. The van der Waals surface area contributed by atoms with Crippen LogP contribution in [0, 0.1) is 0 Å². The number of carbonyl (C=O) groups is 2. The number of ether oxygens (including phenoxy) is 2. The minimum absolute atomic E-state index is 0.0110. The SMILES string of the molecule is CC1(C)O[C@H]2Cc3c4c(cc(O)c3[C@H]2O1)C(=O)c1ccccc1C4=O. The zero-order valence-electron chi connectivity index (χ0n) is 13.8. The van der Waals surface area contributed by atoms with Crippen LogP contribution in [0.5, 0.6) is 5.75 Å². The molecule has 2 aliphatic carbocycles. The van der Waals surface area contributed by atoms with Crippen molar-refractivity contribution >= 4 is 11.6 Å². The second kappa shape index (κ2) is 4.56. The molecule has 126 valence electrons. The molecule has 1 heterocycles. The quantitative estimate of drug-likeness (QED) is 0.683. The topological polar surface area (TPSA) is 72.8 Å². The average molecular weight is 336 g/mol. The number of carbonyl (C=O) groups excluding carboxylic acids is 2. The second-order valence-electron chi connectivity index (χ2n) is 7.21. The number of aromatic hydroxyl groups is 1. The van der Waals surface area contributed by atoms with E-state index < -0.39 is 11.9 Å². The Morgan fingerprint density at radius 3 is 2.44 bits per heavy atom. The molecule has 1 fully saturated rings. The molecule has 0 unspecified atom stereocenters. The molecule has 1 aliphatic heterocycles. The Labute approximate surface area is 144 Å². The highest BCUT2D eigenvalue weighted by Gasteiger charge is 2.50. The lowest BCUT2D eigenvalue weighted by Crippen LogP contribution is -2.25. The third kappa shape index (κ3) is 1.85. The molecule has 2 aromatic carbocycles. The lowest BCUT2D eigenvalue weighted by atomic mass is 9.80. The van der Waals surface area contributed by atoms with E-state index >= 15 is 0 Å². The first-order valence-corrected chi connectivity index (χ1v) is 8.30. The van der Waals surface area contributed by atoms with Gasteiger partial charge in [-0.25, -0.2) is 0 Å². The van der Waals surface area contributed by atoms with Gasteiger partial charge in [0.1, 0.15) is 11.9 Å². The summed E-state index contributed by atoms with van der Waals surface area (Å²) in [5.74, 6) is -1.16. The molecule has 2 aromatic rings. The lowest BCUT2D eigenvalue weighted by molar-refractivity contribution is -0.148. The zero-order valence-corrected chi connectivity index (χ0v) is 13.8. The van der Waals surface area contributed by atoms with E-state index in [2.05, 4.69) is 0 Å². The maximum atomic E-state index is 13.1. The van der Waals surface area contributed by atoms with Crippen LogP contribution in [-0.2, 0) is 15.9 Å². The van der Waals surface area contributed by atoms with Crippen molar-refractivity contribution in [3.05, 3.63) is 63.7 Å². The predicted molar refractivity (Wildman–Crippen MR) is 87.9 cm³/mol.